The largest absolute Gasteiger partial charge is 0.508 e. The maximum absolute atomic E-state index is 12.3. The van der Waals surface area contributed by atoms with Gasteiger partial charge in [0.1, 0.15) is 11.5 Å². The molecule has 0 amide bonds. The summed E-state index contributed by atoms with van der Waals surface area (Å²) in [5, 5.41) is 37.7. The van der Waals surface area contributed by atoms with E-state index in [9.17, 15) is 25.2 Å². The van der Waals surface area contributed by atoms with Crippen molar-refractivity contribution >= 4 is 11.9 Å². The molecule has 0 fully saturated rings. The van der Waals surface area contributed by atoms with Crippen LogP contribution in [0.1, 0.15) is 15.9 Å². The van der Waals surface area contributed by atoms with E-state index >= 15 is 0 Å². The van der Waals surface area contributed by atoms with Gasteiger partial charge in [-0.05, 0) is 36.4 Å². The molecule has 6 heteroatoms. The lowest BCUT2D eigenvalue weighted by molar-refractivity contribution is 0.0957. The number of allylic oxidation sites excluding steroid dienone is 1. The van der Waals surface area contributed by atoms with Gasteiger partial charge in [0.2, 0.25) is 5.78 Å². The third kappa shape index (κ3) is 3.12. The molecule has 0 bridgehead atoms. The summed E-state index contributed by atoms with van der Waals surface area (Å²) < 4.78 is 5.02. The normalized spacial score (nSPS) is 11.2. The molecule has 0 radical (unpaired) electrons. The van der Waals surface area contributed by atoms with Crippen molar-refractivity contribution < 1.29 is 30.0 Å². The number of benzene rings is 2. The summed E-state index contributed by atoms with van der Waals surface area (Å²) >= 11 is 0. The molecule has 6 nitrogen and oxygen atoms in total. The molecule has 2 aromatic rings. The van der Waals surface area contributed by atoms with Crippen LogP contribution >= 0.6 is 0 Å². The molecule has 2 rings (SSSR count). The summed E-state index contributed by atoms with van der Waals surface area (Å²) in [6.07, 6.45) is 1.31. The molecule has 114 valence electrons. The van der Waals surface area contributed by atoms with Crippen LogP contribution in [0.3, 0.4) is 0 Å². The molecule has 22 heavy (non-hydrogen) atoms. The number of hydrogen-bond acceptors (Lipinski definition) is 6. The summed E-state index contributed by atoms with van der Waals surface area (Å²) in [7, 11) is 1.29. The molecule has 0 aromatic heterocycles. The molecule has 0 unspecified atom stereocenters. The highest BCUT2D eigenvalue weighted by Crippen LogP contribution is 2.28. The predicted molar refractivity (Wildman–Crippen MR) is 78.9 cm³/mol. The number of carbonyl (C=O) groups excluding carboxylic acids is 1. The third-order valence-corrected chi connectivity index (χ3v) is 2.98. The van der Waals surface area contributed by atoms with Crippen LogP contribution in [0.15, 0.2) is 42.2 Å². The first-order valence-corrected chi connectivity index (χ1v) is 6.26. The van der Waals surface area contributed by atoms with Crippen molar-refractivity contribution in [3.63, 3.8) is 0 Å². The maximum atomic E-state index is 12.3. The summed E-state index contributed by atoms with van der Waals surface area (Å²) in [4.78, 5) is 12.3. The van der Waals surface area contributed by atoms with Gasteiger partial charge in [0.25, 0.3) is 0 Å². The van der Waals surface area contributed by atoms with Crippen LogP contribution in [0.25, 0.3) is 6.08 Å². The highest BCUT2D eigenvalue weighted by Gasteiger charge is 2.15. The molecule has 0 spiro atoms. The van der Waals surface area contributed by atoms with E-state index in [-0.39, 0.29) is 34.1 Å². The van der Waals surface area contributed by atoms with Crippen molar-refractivity contribution in [2.75, 3.05) is 7.11 Å². The number of aromatic hydroxyl groups is 4. The minimum Gasteiger partial charge on any atom is -0.508 e. The van der Waals surface area contributed by atoms with Crippen molar-refractivity contribution in [2.24, 2.45) is 0 Å². The van der Waals surface area contributed by atoms with Gasteiger partial charge < -0.3 is 25.2 Å². The number of phenolic OH excluding ortho intramolecular Hbond substituents is 4. The van der Waals surface area contributed by atoms with Gasteiger partial charge in [-0.25, -0.2) is 0 Å². The summed E-state index contributed by atoms with van der Waals surface area (Å²) in [6, 6.07) is 7.55. The maximum Gasteiger partial charge on any atom is 0.227 e. The molecular weight excluding hydrogens is 288 g/mol. The molecule has 0 saturated carbocycles. The molecule has 2 aromatic carbocycles. The van der Waals surface area contributed by atoms with Gasteiger partial charge in [-0.15, -0.1) is 0 Å². The quantitative estimate of drug-likeness (QED) is 0.299. The van der Waals surface area contributed by atoms with Crippen LogP contribution in [-0.2, 0) is 4.74 Å². The van der Waals surface area contributed by atoms with Gasteiger partial charge in [-0.3, -0.25) is 4.79 Å². The highest BCUT2D eigenvalue weighted by atomic mass is 16.5. The zero-order chi connectivity index (χ0) is 16.3. The monoisotopic (exact) mass is 302 g/mol. The van der Waals surface area contributed by atoms with Crippen LogP contribution in [0.4, 0.5) is 0 Å². The van der Waals surface area contributed by atoms with E-state index in [0.717, 1.165) is 12.1 Å². The summed E-state index contributed by atoms with van der Waals surface area (Å²) in [5.41, 5.74) is 0.396. The van der Waals surface area contributed by atoms with E-state index in [0.29, 0.717) is 0 Å². The van der Waals surface area contributed by atoms with Gasteiger partial charge in [0, 0.05) is 17.2 Å². The Hall–Kier alpha value is -3.15. The van der Waals surface area contributed by atoms with Gasteiger partial charge in [0.15, 0.2) is 17.3 Å². The lowest BCUT2D eigenvalue weighted by Crippen LogP contribution is -2.05. The van der Waals surface area contributed by atoms with Crippen LogP contribution in [0.2, 0.25) is 0 Å². The van der Waals surface area contributed by atoms with Crippen LogP contribution in [-0.4, -0.2) is 33.3 Å². The Kier molecular flexibility index (Phi) is 4.22. The first-order valence-electron chi connectivity index (χ1n) is 6.26. The Bertz CT molecular complexity index is 748. The fourth-order valence-corrected chi connectivity index (χ4v) is 1.82. The van der Waals surface area contributed by atoms with Crippen molar-refractivity contribution in [3.05, 3.63) is 53.3 Å². The van der Waals surface area contributed by atoms with Crippen LogP contribution in [0, 0.1) is 0 Å². The van der Waals surface area contributed by atoms with E-state index < -0.39 is 11.5 Å². The number of carbonyl (C=O) groups is 1. The van der Waals surface area contributed by atoms with E-state index in [1.54, 1.807) is 0 Å². The first kappa shape index (κ1) is 15.2. The fraction of sp³-hybridized carbons (Fsp3) is 0.0625. The number of ether oxygens (including phenoxy) is 1. The Morgan fingerprint density at radius 3 is 2.27 bits per heavy atom. The van der Waals surface area contributed by atoms with Gasteiger partial charge >= 0.3 is 0 Å². The number of hydrogen-bond donors (Lipinski definition) is 4. The molecule has 0 atom stereocenters. The predicted octanol–water partition coefficient (Wildman–Crippen LogP) is 2.38. The van der Waals surface area contributed by atoms with E-state index in [2.05, 4.69) is 0 Å². The van der Waals surface area contributed by atoms with E-state index in [1.807, 2.05) is 0 Å². The Labute approximate surface area is 126 Å². The highest BCUT2D eigenvalue weighted by molar-refractivity contribution is 6.10. The summed E-state index contributed by atoms with van der Waals surface area (Å²) in [6.45, 7) is 0. The minimum absolute atomic E-state index is 0.0777. The Morgan fingerprint density at radius 1 is 0.955 bits per heavy atom. The van der Waals surface area contributed by atoms with Crippen LogP contribution in [0.5, 0.6) is 23.0 Å². The lowest BCUT2D eigenvalue weighted by Gasteiger charge is -2.07. The van der Waals surface area contributed by atoms with Crippen molar-refractivity contribution in [1.82, 2.24) is 0 Å². The van der Waals surface area contributed by atoms with Gasteiger partial charge in [0.05, 0.1) is 7.11 Å². The van der Waals surface area contributed by atoms with Crippen molar-refractivity contribution in [2.45, 2.75) is 0 Å². The minimum atomic E-state index is -0.537. The number of rotatable bonds is 4. The number of methoxy groups -OCH3 is 1. The molecule has 4 N–H and O–H groups in total. The van der Waals surface area contributed by atoms with Crippen molar-refractivity contribution in [3.8, 4) is 23.0 Å². The average molecular weight is 302 g/mol. The standard InChI is InChI=1S/C16H14O6/c1-22-15(7-9-2-4-11(17)8-13(9)19)16(21)10-3-5-12(18)14(20)6-10/h2-8,17-20H,1H3/b15-7-. The number of Topliss-reactive ketones (excluding diaryl/α,β-unsaturated/α-hetero) is 1. The van der Waals surface area contributed by atoms with E-state index in [1.165, 1.54) is 37.5 Å². The fourth-order valence-electron chi connectivity index (χ4n) is 1.82. The number of ketones is 1. The zero-order valence-corrected chi connectivity index (χ0v) is 11.6. The Balaban J connectivity index is 2.39. The molecule has 0 saturated heterocycles. The molecule has 0 aliphatic rings. The first-order chi connectivity index (χ1) is 10.4. The van der Waals surface area contributed by atoms with Crippen LogP contribution < -0.4 is 0 Å². The second-order valence-electron chi connectivity index (χ2n) is 4.49. The van der Waals surface area contributed by atoms with Gasteiger partial charge in [-0.2, -0.15) is 0 Å². The molecule has 0 aliphatic carbocycles. The average Bonchev–Trinajstić information content (AvgIpc) is 2.49. The Morgan fingerprint density at radius 2 is 1.68 bits per heavy atom. The smallest absolute Gasteiger partial charge is 0.227 e. The molecule has 0 aliphatic heterocycles. The zero-order valence-electron chi connectivity index (χ0n) is 11.6. The molecule has 0 heterocycles. The second kappa shape index (κ2) is 6.09. The topological polar surface area (TPSA) is 107 Å². The van der Waals surface area contributed by atoms with Gasteiger partial charge in [-0.1, -0.05) is 0 Å². The number of phenols is 4. The SMILES string of the molecule is CO/C(=C\c1ccc(O)cc1O)C(=O)c1ccc(O)c(O)c1. The lowest BCUT2D eigenvalue weighted by atomic mass is 10.1. The van der Waals surface area contributed by atoms with E-state index in [4.69, 9.17) is 4.74 Å². The third-order valence-electron chi connectivity index (χ3n) is 2.98. The van der Waals surface area contributed by atoms with Crippen molar-refractivity contribution in [1.29, 1.82) is 0 Å². The summed E-state index contributed by atoms with van der Waals surface area (Å²) in [5.74, 6) is -1.69. The second-order valence-corrected chi connectivity index (χ2v) is 4.49. The molecular formula is C16H14O6.